The van der Waals surface area contributed by atoms with Crippen LogP contribution in [0.2, 0.25) is 0 Å². The highest BCUT2D eigenvalue weighted by Crippen LogP contribution is 2.19. The molecule has 134 valence electrons. The van der Waals surface area contributed by atoms with Crippen molar-refractivity contribution in [2.45, 2.75) is 59.0 Å². The molecular weight excluding hydrogens is 322 g/mol. The van der Waals surface area contributed by atoms with Gasteiger partial charge in [-0.1, -0.05) is 20.8 Å². The summed E-state index contributed by atoms with van der Waals surface area (Å²) in [4.78, 5) is 23.0. The van der Waals surface area contributed by atoms with Crippen molar-refractivity contribution in [2.24, 2.45) is 4.99 Å². The van der Waals surface area contributed by atoms with Crippen LogP contribution in [-0.2, 0) is 11.3 Å². The number of nitrogens with one attached hydrogen (secondary N) is 2. The summed E-state index contributed by atoms with van der Waals surface area (Å²) in [5, 5.41) is 9.96. The van der Waals surface area contributed by atoms with Crippen LogP contribution < -0.4 is 10.6 Å². The summed E-state index contributed by atoms with van der Waals surface area (Å²) in [6, 6.07) is 0.264. The fourth-order valence-electron chi connectivity index (χ4n) is 2.66. The maximum atomic E-state index is 11.8. The summed E-state index contributed by atoms with van der Waals surface area (Å²) >= 11 is 1.70. The Morgan fingerprint density at radius 3 is 2.92 bits per heavy atom. The summed E-state index contributed by atoms with van der Waals surface area (Å²) in [5.74, 6) is 1.48. The maximum Gasteiger partial charge on any atom is 0.222 e. The molecule has 1 aliphatic heterocycles. The normalized spacial score (nSPS) is 18.3. The van der Waals surface area contributed by atoms with Gasteiger partial charge in [-0.25, -0.2) is 9.98 Å². The van der Waals surface area contributed by atoms with Gasteiger partial charge in [0.15, 0.2) is 5.96 Å². The molecule has 1 saturated heterocycles. The SMILES string of the molecule is CCNC(=NCc1csc(C(C)C)n1)NC1CCN(C(=O)CC)C1. The third-order valence-electron chi connectivity index (χ3n) is 3.99. The second kappa shape index (κ2) is 9.01. The molecule has 0 aromatic carbocycles. The highest BCUT2D eigenvalue weighted by molar-refractivity contribution is 7.09. The number of guanidine groups is 1. The van der Waals surface area contributed by atoms with Gasteiger partial charge in [0.1, 0.15) is 0 Å². The Labute approximate surface area is 148 Å². The molecule has 0 saturated carbocycles. The van der Waals surface area contributed by atoms with Crippen molar-refractivity contribution in [3.05, 3.63) is 16.1 Å². The standard InChI is InChI=1S/C17H29N5OS/c1-5-15(23)22-8-7-13(10-22)21-17(18-6-2)19-9-14-11-24-16(20-14)12(3)4/h11-13H,5-10H2,1-4H3,(H2,18,19,21). The molecule has 2 rings (SSSR count). The zero-order chi connectivity index (χ0) is 17.5. The lowest BCUT2D eigenvalue weighted by molar-refractivity contribution is -0.129. The van der Waals surface area contributed by atoms with Gasteiger partial charge in [-0.3, -0.25) is 4.79 Å². The van der Waals surface area contributed by atoms with Crippen LogP contribution in [0.5, 0.6) is 0 Å². The Morgan fingerprint density at radius 1 is 1.50 bits per heavy atom. The van der Waals surface area contributed by atoms with Gasteiger partial charge in [-0.15, -0.1) is 11.3 Å². The zero-order valence-corrected chi connectivity index (χ0v) is 15.9. The van der Waals surface area contributed by atoms with Gasteiger partial charge in [-0.05, 0) is 13.3 Å². The molecule has 1 amide bonds. The van der Waals surface area contributed by atoms with Crippen molar-refractivity contribution in [2.75, 3.05) is 19.6 Å². The summed E-state index contributed by atoms with van der Waals surface area (Å²) in [6.07, 6.45) is 1.53. The molecule has 1 atom stereocenters. The molecule has 24 heavy (non-hydrogen) atoms. The molecule has 1 unspecified atom stereocenters. The molecule has 1 aromatic heterocycles. The fraction of sp³-hybridized carbons (Fsp3) is 0.706. The molecule has 1 aromatic rings. The first kappa shape index (κ1) is 18.7. The Balaban J connectivity index is 1.92. The van der Waals surface area contributed by atoms with Crippen LogP contribution in [-0.4, -0.2) is 47.4 Å². The summed E-state index contributed by atoms with van der Waals surface area (Å²) in [6.45, 7) is 11.2. The molecule has 0 spiro atoms. The van der Waals surface area contributed by atoms with Gasteiger partial charge >= 0.3 is 0 Å². The predicted molar refractivity (Wildman–Crippen MR) is 99.4 cm³/mol. The molecule has 0 aliphatic carbocycles. The molecule has 6 nitrogen and oxygen atoms in total. The van der Waals surface area contributed by atoms with Crippen LogP contribution in [0.25, 0.3) is 0 Å². The van der Waals surface area contributed by atoms with E-state index in [1.807, 2.05) is 11.8 Å². The highest BCUT2D eigenvalue weighted by Gasteiger charge is 2.25. The van der Waals surface area contributed by atoms with E-state index in [0.717, 1.165) is 42.7 Å². The number of rotatable bonds is 6. The fourth-order valence-corrected chi connectivity index (χ4v) is 3.49. The number of aliphatic imine (C=N–C) groups is 1. The third kappa shape index (κ3) is 5.19. The molecule has 2 N–H and O–H groups in total. The first-order valence-electron chi connectivity index (χ1n) is 8.80. The highest BCUT2D eigenvalue weighted by atomic mass is 32.1. The summed E-state index contributed by atoms with van der Waals surface area (Å²) in [5.41, 5.74) is 1.01. The van der Waals surface area contributed by atoms with Gasteiger partial charge in [0.2, 0.25) is 5.91 Å². The topological polar surface area (TPSA) is 69.6 Å². The number of thiazole rings is 1. The van der Waals surface area contributed by atoms with Gasteiger partial charge in [-0.2, -0.15) is 0 Å². The monoisotopic (exact) mass is 351 g/mol. The number of likely N-dealkylation sites (tertiary alicyclic amines) is 1. The zero-order valence-electron chi connectivity index (χ0n) is 15.1. The first-order valence-corrected chi connectivity index (χ1v) is 9.68. The van der Waals surface area contributed by atoms with Gasteiger partial charge in [0, 0.05) is 43.4 Å². The number of carbonyl (C=O) groups is 1. The van der Waals surface area contributed by atoms with E-state index < -0.39 is 0 Å². The number of amides is 1. The largest absolute Gasteiger partial charge is 0.357 e. The van der Waals surface area contributed by atoms with Crippen molar-refractivity contribution < 1.29 is 4.79 Å². The van der Waals surface area contributed by atoms with E-state index in [-0.39, 0.29) is 11.9 Å². The molecular formula is C17H29N5OS. The van der Waals surface area contributed by atoms with Crippen LogP contribution in [0, 0.1) is 0 Å². The van der Waals surface area contributed by atoms with E-state index in [9.17, 15) is 4.79 Å². The Hall–Kier alpha value is -1.63. The van der Waals surface area contributed by atoms with Crippen molar-refractivity contribution in [1.29, 1.82) is 0 Å². The lowest BCUT2D eigenvalue weighted by Gasteiger charge is -2.18. The van der Waals surface area contributed by atoms with Crippen LogP contribution in [0.4, 0.5) is 0 Å². The average Bonchev–Trinajstić information content (AvgIpc) is 3.21. The van der Waals surface area contributed by atoms with Crippen LogP contribution >= 0.6 is 11.3 Å². The number of carbonyl (C=O) groups excluding carboxylic acids is 1. The van der Waals surface area contributed by atoms with E-state index in [4.69, 9.17) is 0 Å². The maximum absolute atomic E-state index is 11.8. The molecule has 1 aliphatic rings. The third-order valence-corrected chi connectivity index (χ3v) is 5.19. The molecule has 0 bridgehead atoms. The van der Waals surface area contributed by atoms with Crippen molar-refractivity contribution in [3.8, 4) is 0 Å². The first-order chi connectivity index (χ1) is 11.5. The predicted octanol–water partition coefficient (Wildman–Crippen LogP) is 2.33. The van der Waals surface area contributed by atoms with E-state index >= 15 is 0 Å². The van der Waals surface area contributed by atoms with Gasteiger partial charge in [0.05, 0.1) is 17.2 Å². The van der Waals surface area contributed by atoms with E-state index in [2.05, 4.69) is 46.8 Å². The van der Waals surface area contributed by atoms with E-state index in [1.165, 1.54) is 0 Å². The van der Waals surface area contributed by atoms with E-state index in [1.54, 1.807) is 11.3 Å². The minimum Gasteiger partial charge on any atom is -0.357 e. The molecule has 1 fully saturated rings. The van der Waals surface area contributed by atoms with Crippen molar-refractivity contribution in [3.63, 3.8) is 0 Å². The lowest BCUT2D eigenvalue weighted by Crippen LogP contribution is -2.45. The second-order valence-corrected chi connectivity index (χ2v) is 7.24. The van der Waals surface area contributed by atoms with Crippen LogP contribution in [0.1, 0.15) is 57.2 Å². The quantitative estimate of drug-likeness (QED) is 0.610. The number of nitrogens with zero attached hydrogens (tertiary/aromatic N) is 3. The Bertz CT molecular complexity index is 569. The van der Waals surface area contributed by atoms with Gasteiger partial charge < -0.3 is 15.5 Å². The lowest BCUT2D eigenvalue weighted by atomic mass is 10.2. The summed E-state index contributed by atoms with van der Waals surface area (Å²) in [7, 11) is 0. The Morgan fingerprint density at radius 2 is 2.29 bits per heavy atom. The smallest absolute Gasteiger partial charge is 0.222 e. The Kier molecular flexibility index (Phi) is 7.02. The van der Waals surface area contributed by atoms with Crippen LogP contribution in [0.3, 0.4) is 0 Å². The minimum atomic E-state index is 0.227. The number of hydrogen-bond donors (Lipinski definition) is 2. The van der Waals surface area contributed by atoms with Crippen LogP contribution in [0.15, 0.2) is 10.4 Å². The molecule has 2 heterocycles. The molecule has 0 radical (unpaired) electrons. The van der Waals surface area contributed by atoms with Gasteiger partial charge in [0.25, 0.3) is 0 Å². The number of hydrogen-bond acceptors (Lipinski definition) is 4. The second-order valence-electron chi connectivity index (χ2n) is 6.35. The van der Waals surface area contributed by atoms with Crippen molar-refractivity contribution >= 4 is 23.2 Å². The van der Waals surface area contributed by atoms with Crippen molar-refractivity contribution in [1.82, 2.24) is 20.5 Å². The minimum absolute atomic E-state index is 0.227. The average molecular weight is 352 g/mol. The molecule has 7 heteroatoms. The van der Waals surface area contributed by atoms with E-state index in [0.29, 0.717) is 18.9 Å². The number of aromatic nitrogens is 1. The summed E-state index contributed by atoms with van der Waals surface area (Å²) < 4.78 is 0.